The highest BCUT2D eigenvalue weighted by Crippen LogP contribution is 2.24. The zero-order valence-corrected chi connectivity index (χ0v) is 14.1. The van der Waals surface area contributed by atoms with Crippen molar-refractivity contribution in [3.05, 3.63) is 0 Å². The van der Waals surface area contributed by atoms with Crippen LogP contribution in [-0.4, -0.2) is 49.4 Å². The van der Waals surface area contributed by atoms with Crippen LogP contribution in [0.5, 0.6) is 0 Å². The number of hydrogen-bond acceptors (Lipinski definition) is 4. The predicted octanol–water partition coefficient (Wildman–Crippen LogP) is 1.35. The molecular weight excluding hydrogens is 300 g/mol. The first-order chi connectivity index (χ1) is 8.80. The van der Waals surface area contributed by atoms with Crippen LogP contribution in [0.1, 0.15) is 46.0 Å². The van der Waals surface area contributed by atoms with E-state index in [2.05, 4.69) is 0 Å². The van der Waals surface area contributed by atoms with E-state index < -0.39 is 14.6 Å². The first kappa shape index (κ1) is 19.7. The topological polar surface area (TPSA) is 80.5 Å². The SMILES string of the molecule is CC1(C)CN(C(=O)CCCCCCN)CCS1(=O)=O.Cl. The second-order valence-electron chi connectivity index (χ2n) is 5.85. The van der Waals surface area contributed by atoms with Gasteiger partial charge in [-0.15, -0.1) is 12.4 Å². The predicted molar refractivity (Wildman–Crippen MR) is 83.8 cm³/mol. The molecule has 0 unspecified atom stereocenters. The molecule has 120 valence electrons. The van der Waals surface area contributed by atoms with E-state index in [9.17, 15) is 13.2 Å². The molecule has 0 aromatic rings. The smallest absolute Gasteiger partial charge is 0.222 e. The van der Waals surface area contributed by atoms with Gasteiger partial charge in [-0.2, -0.15) is 0 Å². The van der Waals surface area contributed by atoms with Gasteiger partial charge in [0.25, 0.3) is 0 Å². The molecule has 2 N–H and O–H groups in total. The Labute approximate surface area is 128 Å². The fourth-order valence-electron chi connectivity index (χ4n) is 2.29. The van der Waals surface area contributed by atoms with E-state index in [0.717, 1.165) is 25.7 Å². The Morgan fingerprint density at radius 3 is 2.35 bits per heavy atom. The van der Waals surface area contributed by atoms with Crippen molar-refractivity contribution in [1.82, 2.24) is 4.90 Å². The Kier molecular flexibility index (Phi) is 8.06. The molecule has 0 bridgehead atoms. The molecule has 1 fully saturated rings. The highest BCUT2D eigenvalue weighted by molar-refractivity contribution is 7.92. The molecule has 1 saturated heterocycles. The number of nitrogens with zero attached hydrogens (tertiary/aromatic N) is 1. The molecular formula is C13H27ClN2O3S. The van der Waals surface area contributed by atoms with E-state index in [4.69, 9.17) is 5.73 Å². The second-order valence-corrected chi connectivity index (χ2v) is 8.59. The van der Waals surface area contributed by atoms with Crippen molar-refractivity contribution >= 4 is 28.2 Å². The van der Waals surface area contributed by atoms with Crippen LogP contribution in [0.15, 0.2) is 0 Å². The molecule has 7 heteroatoms. The van der Waals surface area contributed by atoms with Gasteiger partial charge < -0.3 is 10.6 Å². The molecule has 1 heterocycles. The minimum atomic E-state index is -3.07. The summed E-state index contributed by atoms with van der Waals surface area (Å²) >= 11 is 0. The van der Waals surface area contributed by atoms with E-state index >= 15 is 0 Å². The highest BCUT2D eigenvalue weighted by atomic mass is 35.5. The molecule has 20 heavy (non-hydrogen) atoms. The number of hydrogen-bond donors (Lipinski definition) is 1. The molecule has 0 atom stereocenters. The lowest BCUT2D eigenvalue weighted by atomic mass is 10.1. The molecule has 0 aromatic carbocycles. The number of carbonyl (C=O) groups excluding carboxylic acids is 1. The summed E-state index contributed by atoms with van der Waals surface area (Å²) in [6.45, 7) is 4.75. The number of sulfone groups is 1. The zero-order chi connectivity index (χ0) is 14.5. The van der Waals surface area contributed by atoms with Crippen LogP contribution >= 0.6 is 12.4 Å². The van der Waals surface area contributed by atoms with Crippen molar-refractivity contribution in [2.45, 2.75) is 50.7 Å². The Balaban J connectivity index is 0.00000361. The first-order valence-electron chi connectivity index (χ1n) is 7.00. The summed E-state index contributed by atoms with van der Waals surface area (Å²) in [6.07, 6.45) is 4.45. The third-order valence-corrected chi connectivity index (χ3v) is 6.27. The summed E-state index contributed by atoms with van der Waals surface area (Å²) in [4.78, 5) is 13.7. The molecule has 1 aliphatic rings. The minimum Gasteiger partial charge on any atom is -0.340 e. The molecule has 0 aliphatic carbocycles. The number of halogens is 1. The molecule has 0 aromatic heterocycles. The summed E-state index contributed by atoms with van der Waals surface area (Å²) in [6, 6.07) is 0. The average Bonchev–Trinajstić information content (AvgIpc) is 2.32. The zero-order valence-electron chi connectivity index (χ0n) is 12.4. The monoisotopic (exact) mass is 326 g/mol. The average molecular weight is 327 g/mol. The third kappa shape index (κ3) is 5.22. The summed E-state index contributed by atoms with van der Waals surface area (Å²) in [5.74, 6) is 0.162. The standard InChI is InChI=1S/C13H26N2O3S.ClH/c1-13(2)11-15(9-10-19(13,17)18)12(16)7-5-3-4-6-8-14;/h3-11,14H2,1-2H3;1H. The first-order valence-corrected chi connectivity index (χ1v) is 8.65. The fraction of sp³-hybridized carbons (Fsp3) is 0.923. The Morgan fingerprint density at radius 1 is 1.20 bits per heavy atom. The summed E-state index contributed by atoms with van der Waals surface area (Å²) < 4.78 is 22.9. The van der Waals surface area contributed by atoms with Gasteiger partial charge in [-0.05, 0) is 33.2 Å². The van der Waals surface area contributed by atoms with Gasteiger partial charge in [-0.25, -0.2) is 8.42 Å². The summed E-state index contributed by atoms with van der Waals surface area (Å²) in [7, 11) is -3.07. The van der Waals surface area contributed by atoms with Gasteiger partial charge in [0.15, 0.2) is 9.84 Å². The number of unbranched alkanes of at least 4 members (excludes halogenated alkanes) is 3. The normalized spacial score (nSPS) is 20.2. The molecule has 0 saturated carbocycles. The van der Waals surface area contributed by atoms with E-state index in [1.54, 1.807) is 18.7 Å². The maximum Gasteiger partial charge on any atom is 0.222 e. The number of amides is 1. The Morgan fingerprint density at radius 2 is 1.80 bits per heavy atom. The summed E-state index contributed by atoms with van der Waals surface area (Å²) in [5.41, 5.74) is 5.41. The molecule has 1 rings (SSSR count). The van der Waals surface area contributed by atoms with Gasteiger partial charge >= 0.3 is 0 Å². The van der Waals surface area contributed by atoms with Gasteiger partial charge in [0, 0.05) is 19.5 Å². The third-order valence-electron chi connectivity index (χ3n) is 3.74. The van der Waals surface area contributed by atoms with Crippen molar-refractivity contribution in [3.8, 4) is 0 Å². The van der Waals surface area contributed by atoms with E-state index in [1.165, 1.54) is 0 Å². The van der Waals surface area contributed by atoms with Crippen LogP contribution in [-0.2, 0) is 14.6 Å². The van der Waals surface area contributed by atoms with Crippen molar-refractivity contribution in [1.29, 1.82) is 0 Å². The van der Waals surface area contributed by atoms with Gasteiger partial charge in [0.1, 0.15) is 0 Å². The lowest BCUT2D eigenvalue weighted by Gasteiger charge is -2.37. The highest BCUT2D eigenvalue weighted by Gasteiger charge is 2.41. The lowest BCUT2D eigenvalue weighted by Crippen LogP contribution is -2.54. The van der Waals surface area contributed by atoms with Crippen molar-refractivity contribution in [2.75, 3.05) is 25.4 Å². The van der Waals surface area contributed by atoms with Crippen molar-refractivity contribution in [2.24, 2.45) is 5.73 Å². The summed E-state index contributed by atoms with van der Waals surface area (Å²) in [5, 5.41) is 0. The van der Waals surface area contributed by atoms with Gasteiger partial charge in [0.05, 0.1) is 10.5 Å². The molecule has 0 radical (unpaired) electrons. The van der Waals surface area contributed by atoms with Crippen LogP contribution in [0.25, 0.3) is 0 Å². The number of nitrogens with two attached hydrogens (primary N) is 1. The van der Waals surface area contributed by atoms with Crippen LogP contribution in [0, 0.1) is 0 Å². The molecule has 1 aliphatic heterocycles. The Bertz CT molecular complexity index is 410. The van der Waals surface area contributed by atoms with Gasteiger partial charge in [-0.3, -0.25) is 4.79 Å². The van der Waals surface area contributed by atoms with Gasteiger partial charge in [-0.1, -0.05) is 12.8 Å². The van der Waals surface area contributed by atoms with Crippen molar-refractivity contribution < 1.29 is 13.2 Å². The van der Waals surface area contributed by atoms with E-state index in [0.29, 0.717) is 26.1 Å². The second kappa shape index (κ2) is 8.20. The maximum absolute atomic E-state index is 12.0. The van der Waals surface area contributed by atoms with E-state index in [-0.39, 0.29) is 24.1 Å². The van der Waals surface area contributed by atoms with E-state index in [1.807, 2.05) is 0 Å². The lowest BCUT2D eigenvalue weighted by molar-refractivity contribution is -0.131. The maximum atomic E-state index is 12.0. The quantitative estimate of drug-likeness (QED) is 0.747. The van der Waals surface area contributed by atoms with Crippen LogP contribution in [0.4, 0.5) is 0 Å². The van der Waals surface area contributed by atoms with Gasteiger partial charge in [0.2, 0.25) is 5.91 Å². The molecule has 5 nitrogen and oxygen atoms in total. The number of rotatable bonds is 6. The molecule has 0 spiro atoms. The minimum absolute atomic E-state index is 0. The van der Waals surface area contributed by atoms with Crippen LogP contribution in [0.2, 0.25) is 0 Å². The fourth-order valence-corrected chi connectivity index (χ4v) is 3.65. The Hall–Kier alpha value is -0.330. The molecule has 1 amide bonds. The largest absolute Gasteiger partial charge is 0.340 e. The van der Waals surface area contributed by atoms with Crippen molar-refractivity contribution in [3.63, 3.8) is 0 Å². The number of carbonyl (C=O) groups is 1. The van der Waals surface area contributed by atoms with Crippen LogP contribution < -0.4 is 5.73 Å². The van der Waals surface area contributed by atoms with Crippen LogP contribution in [0.3, 0.4) is 0 Å².